The molecule has 1 atom stereocenters. The van der Waals surface area contributed by atoms with E-state index >= 15 is 0 Å². The number of hydrogen-bond acceptors (Lipinski definition) is 6. The third-order valence-corrected chi connectivity index (χ3v) is 6.84. The predicted octanol–water partition coefficient (Wildman–Crippen LogP) is 4.74. The number of methoxy groups -OCH3 is 1. The lowest BCUT2D eigenvalue weighted by molar-refractivity contribution is -0.120. The van der Waals surface area contributed by atoms with Gasteiger partial charge in [-0.05, 0) is 55.5 Å². The standard InChI is InChI=1S/C28H26ClN3O6/c1-37-25-16-32(26(33)14-22(25)21-13-19(29)7-6-18(21)15-30)24(12-17-8-10-38-11-9-17)27(34)31-23-5-3-2-4-20(23)28(35)36/h2-7,13-14,16-17,24H,8-12H2,1H3,(H,31,34)(H,35,36). The number of anilines is 1. The quantitative estimate of drug-likeness (QED) is 0.426. The molecule has 4 rings (SSSR count). The Balaban J connectivity index is 1.78. The van der Waals surface area contributed by atoms with Crippen molar-refractivity contribution < 1.29 is 24.2 Å². The largest absolute Gasteiger partial charge is 0.495 e. The number of benzene rings is 2. The number of carbonyl (C=O) groups excluding carboxylic acids is 1. The van der Waals surface area contributed by atoms with Crippen molar-refractivity contribution in [2.24, 2.45) is 5.92 Å². The molecule has 2 aromatic carbocycles. The van der Waals surface area contributed by atoms with Gasteiger partial charge in [0.15, 0.2) is 0 Å². The van der Waals surface area contributed by atoms with Crippen molar-refractivity contribution in [2.45, 2.75) is 25.3 Å². The van der Waals surface area contributed by atoms with E-state index in [0.717, 1.165) is 12.8 Å². The first-order valence-corrected chi connectivity index (χ1v) is 12.4. The van der Waals surface area contributed by atoms with Gasteiger partial charge in [0.05, 0.1) is 36.2 Å². The minimum Gasteiger partial charge on any atom is -0.495 e. The molecule has 1 amide bonds. The maximum Gasteiger partial charge on any atom is 0.337 e. The van der Waals surface area contributed by atoms with Gasteiger partial charge in [-0.3, -0.25) is 14.2 Å². The van der Waals surface area contributed by atoms with Crippen LogP contribution in [-0.2, 0) is 9.53 Å². The third-order valence-electron chi connectivity index (χ3n) is 6.61. The first-order valence-electron chi connectivity index (χ1n) is 12.0. The molecule has 1 fully saturated rings. The summed E-state index contributed by atoms with van der Waals surface area (Å²) in [4.78, 5) is 38.8. The number of nitrogens with zero attached hydrogens (tertiary/aromatic N) is 2. The number of ether oxygens (including phenoxy) is 2. The molecule has 196 valence electrons. The topological polar surface area (TPSA) is 131 Å². The number of amides is 1. The van der Waals surface area contributed by atoms with Crippen LogP contribution in [0.4, 0.5) is 5.69 Å². The summed E-state index contributed by atoms with van der Waals surface area (Å²) in [5.41, 5.74) is 0.707. The number of carboxylic acid groups (broad SMARTS) is 1. The summed E-state index contributed by atoms with van der Waals surface area (Å²) in [6.45, 7) is 1.12. The highest BCUT2D eigenvalue weighted by Crippen LogP contribution is 2.34. The van der Waals surface area contributed by atoms with Crippen LogP contribution in [0.15, 0.2) is 59.5 Å². The lowest BCUT2D eigenvalue weighted by Gasteiger charge is -2.28. The highest BCUT2D eigenvalue weighted by Gasteiger charge is 2.29. The fourth-order valence-corrected chi connectivity index (χ4v) is 4.79. The SMILES string of the molecule is COc1cn(C(CC2CCOCC2)C(=O)Nc2ccccc2C(=O)O)c(=O)cc1-c1cc(Cl)ccc1C#N. The Morgan fingerprint density at radius 1 is 1.21 bits per heavy atom. The number of carbonyl (C=O) groups is 2. The summed E-state index contributed by atoms with van der Waals surface area (Å²) < 4.78 is 12.3. The maximum absolute atomic E-state index is 13.6. The second-order valence-corrected chi connectivity index (χ2v) is 9.39. The van der Waals surface area contributed by atoms with Gasteiger partial charge >= 0.3 is 5.97 Å². The average molecular weight is 536 g/mol. The number of pyridine rings is 1. The Labute approximate surface area is 224 Å². The van der Waals surface area contributed by atoms with Gasteiger partial charge in [0, 0.05) is 35.4 Å². The number of aromatic nitrogens is 1. The summed E-state index contributed by atoms with van der Waals surface area (Å²) in [6.07, 6.45) is 3.25. The Morgan fingerprint density at radius 3 is 2.63 bits per heavy atom. The first kappa shape index (κ1) is 26.9. The van der Waals surface area contributed by atoms with Gasteiger partial charge in [-0.15, -0.1) is 0 Å². The van der Waals surface area contributed by atoms with Crippen LogP contribution < -0.4 is 15.6 Å². The lowest BCUT2D eigenvalue weighted by Crippen LogP contribution is -2.35. The van der Waals surface area contributed by atoms with Crippen LogP contribution in [0.5, 0.6) is 5.75 Å². The number of halogens is 1. The molecule has 1 aliphatic rings. The third kappa shape index (κ3) is 5.88. The van der Waals surface area contributed by atoms with Crippen LogP contribution in [0.2, 0.25) is 5.02 Å². The molecule has 9 nitrogen and oxygen atoms in total. The summed E-state index contributed by atoms with van der Waals surface area (Å²) in [5.74, 6) is -1.31. The highest BCUT2D eigenvalue weighted by molar-refractivity contribution is 6.31. The number of carboxylic acids is 1. The molecule has 38 heavy (non-hydrogen) atoms. The first-order chi connectivity index (χ1) is 18.3. The van der Waals surface area contributed by atoms with Crippen molar-refractivity contribution >= 4 is 29.2 Å². The second kappa shape index (κ2) is 11.9. The minimum atomic E-state index is -1.18. The molecule has 1 aromatic heterocycles. The number of nitrogens with one attached hydrogen (secondary N) is 1. The van der Waals surface area contributed by atoms with Crippen LogP contribution in [-0.4, -0.2) is 41.9 Å². The average Bonchev–Trinajstić information content (AvgIpc) is 2.92. The Kier molecular flexibility index (Phi) is 8.46. The van der Waals surface area contributed by atoms with E-state index in [0.29, 0.717) is 41.3 Å². The summed E-state index contributed by atoms with van der Waals surface area (Å²) in [5, 5.41) is 22.2. The van der Waals surface area contributed by atoms with E-state index in [9.17, 15) is 24.8 Å². The monoisotopic (exact) mass is 535 g/mol. The second-order valence-electron chi connectivity index (χ2n) is 8.95. The molecule has 0 bridgehead atoms. The van der Waals surface area contributed by atoms with Crippen molar-refractivity contribution in [3.8, 4) is 22.9 Å². The molecule has 0 radical (unpaired) electrons. The number of aromatic carboxylic acids is 1. The van der Waals surface area contributed by atoms with E-state index in [1.165, 1.54) is 36.1 Å². The fraction of sp³-hybridized carbons (Fsp3) is 0.286. The van der Waals surface area contributed by atoms with Crippen molar-refractivity contribution in [1.82, 2.24) is 4.57 Å². The van der Waals surface area contributed by atoms with Gasteiger partial charge in [-0.2, -0.15) is 5.26 Å². The van der Waals surface area contributed by atoms with Crippen molar-refractivity contribution in [2.75, 3.05) is 25.6 Å². The molecule has 1 aliphatic heterocycles. The zero-order valence-electron chi connectivity index (χ0n) is 20.6. The molecule has 1 unspecified atom stereocenters. The van der Waals surface area contributed by atoms with E-state index in [4.69, 9.17) is 21.1 Å². The summed E-state index contributed by atoms with van der Waals surface area (Å²) in [7, 11) is 1.43. The lowest BCUT2D eigenvalue weighted by atomic mass is 9.91. The molecule has 3 aromatic rings. The van der Waals surface area contributed by atoms with Crippen molar-refractivity contribution in [3.05, 3.63) is 81.2 Å². The number of hydrogen-bond donors (Lipinski definition) is 2. The van der Waals surface area contributed by atoms with E-state index in [1.54, 1.807) is 30.3 Å². The Morgan fingerprint density at radius 2 is 1.95 bits per heavy atom. The number of nitriles is 1. The van der Waals surface area contributed by atoms with Gasteiger partial charge in [0.25, 0.3) is 5.56 Å². The van der Waals surface area contributed by atoms with Gasteiger partial charge in [0.1, 0.15) is 11.8 Å². The smallest absolute Gasteiger partial charge is 0.337 e. The molecule has 0 saturated carbocycles. The molecule has 2 heterocycles. The number of rotatable bonds is 8. The summed E-state index contributed by atoms with van der Waals surface area (Å²) in [6, 6.07) is 13.3. The maximum atomic E-state index is 13.6. The zero-order valence-corrected chi connectivity index (χ0v) is 21.4. The summed E-state index contributed by atoms with van der Waals surface area (Å²) >= 11 is 6.16. The minimum absolute atomic E-state index is 0.0593. The van der Waals surface area contributed by atoms with Gasteiger partial charge in [-0.1, -0.05) is 23.7 Å². The van der Waals surface area contributed by atoms with E-state index in [-0.39, 0.29) is 22.9 Å². The van der Waals surface area contributed by atoms with E-state index < -0.39 is 23.5 Å². The van der Waals surface area contributed by atoms with Gasteiger partial charge < -0.3 is 19.9 Å². The van der Waals surface area contributed by atoms with E-state index in [2.05, 4.69) is 11.4 Å². The molecular weight excluding hydrogens is 510 g/mol. The van der Waals surface area contributed by atoms with E-state index in [1.807, 2.05) is 0 Å². The molecular formula is C28H26ClN3O6. The normalized spacial score (nSPS) is 14.3. The van der Waals surface area contributed by atoms with Crippen LogP contribution >= 0.6 is 11.6 Å². The van der Waals surface area contributed by atoms with Crippen molar-refractivity contribution in [1.29, 1.82) is 5.26 Å². The molecule has 1 saturated heterocycles. The molecule has 10 heteroatoms. The predicted molar refractivity (Wildman–Crippen MR) is 142 cm³/mol. The van der Waals surface area contributed by atoms with Gasteiger partial charge in [0.2, 0.25) is 5.91 Å². The molecule has 0 aliphatic carbocycles. The van der Waals surface area contributed by atoms with Crippen molar-refractivity contribution in [3.63, 3.8) is 0 Å². The zero-order chi connectivity index (χ0) is 27.2. The Hall–Kier alpha value is -4.13. The van der Waals surface area contributed by atoms with Crippen LogP contribution in [0.1, 0.15) is 41.2 Å². The Bertz CT molecular complexity index is 1460. The highest BCUT2D eigenvalue weighted by atomic mass is 35.5. The molecule has 0 spiro atoms. The number of para-hydroxylation sites is 1. The fourth-order valence-electron chi connectivity index (χ4n) is 4.62. The van der Waals surface area contributed by atoms with Crippen LogP contribution in [0, 0.1) is 17.2 Å². The van der Waals surface area contributed by atoms with Crippen LogP contribution in [0.3, 0.4) is 0 Å². The van der Waals surface area contributed by atoms with Crippen LogP contribution in [0.25, 0.3) is 11.1 Å². The molecule has 2 N–H and O–H groups in total. The van der Waals surface area contributed by atoms with Gasteiger partial charge in [-0.25, -0.2) is 4.79 Å².